The minimum atomic E-state index is -0.585. The van der Waals surface area contributed by atoms with E-state index < -0.39 is 17.7 Å². The van der Waals surface area contributed by atoms with Crippen molar-refractivity contribution < 1.29 is 24.0 Å². The number of aromatic nitrogens is 2. The fourth-order valence-corrected chi connectivity index (χ4v) is 4.23. The molecule has 3 aliphatic heterocycles. The molecule has 10 heteroatoms. The minimum absolute atomic E-state index is 0.176. The van der Waals surface area contributed by atoms with Gasteiger partial charge in [-0.2, -0.15) is 0 Å². The molecular weight excluding hydrogens is 366 g/mol. The maximum Gasteiger partial charge on any atom is 0.410 e. The molecule has 3 fully saturated rings. The molecule has 0 saturated carbocycles. The van der Waals surface area contributed by atoms with Gasteiger partial charge in [-0.25, -0.2) is 14.7 Å². The zero-order valence-corrected chi connectivity index (χ0v) is 16.7. The predicted octanol–water partition coefficient (Wildman–Crippen LogP) is 2.72. The van der Waals surface area contributed by atoms with E-state index >= 15 is 0 Å². The van der Waals surface area contributed by atoms with Crippen LogP contribution in [0.25, 0.3) is 0 Å². The van der Waals surface area contributed by atoms with Crippen LogP contribution in [0.3, 0.4) is 0 Å². The highest BCUT2D eigenvalue weighted by Gasteiger charge is 2.47. The van der Waals surface area contributed by atoms with Crippen LogP contribution in [-0.4, -0.2) is 67.1 Å². The van der Waals surface area contributed by atoms with E-state index in [1.54, 1.807) is 9.80 Å². The van der Waals surface area contributed by atoms with Crippen LogP contribution >= 0.6 is 0 Å². The first-order valence-electron chi connectivity index (χ1n) is 9.75. The van der Waals surface area contributed by atoms with Crippen LogP contribution in [0.5, 0.6) is 0 Å². The summed E-state index contributed by atoms with van der Waals surface area (Å²) in [6.07, 6.45) is 1.63. The van der Waals surface area contributed by atoms with Gasteiger partial charge in [0.2, 0.25) is 11.8 Å². The molecule has 3 amide bonds. The van der Waals surface area contributed by atoms with Crippen molar-refractivity contribution >= 4 is 12.1 Å². The molecule has 28 heavy (non-hydrogen) atoms. The van der Waals surface area contributed by atoms with Crippen LogP contribution in [0.4, 0.5) is 9.59 Å². The maximum atomic E-state index is 12.6. The standard InChI is InChI=1S/C18H27N5O5/c1-10-7-13(22(8-10)17(25)28-18(2,3)4)15-20-19-14(27-15)12-6-5-11-9-21(12)16(24)23(11)26/h10-13,26H,5-9H2,1-4H3/t10-,11-,12+,13-/m1/s1. The average molecular weight is 393 g/mol. The third-order valence-electron chi connectivity index (χ3n) is 5.51. The molecule has 1 aromatic heterocycles. The van der Waals surface area contributed by atoms with E-state index in [1.165, 1.54) is 0 Å². The van der Waals surface area contributed by atoms with Gasteiger partial charge in [0.15, 0.2) is 0 Å². The molecule has 0 radical (unpaired) electrons. The fourth-order valence-electron chi connectivity index (χ4n) is 4.23. The SMILES string of the molecule is C[C@@H]1C[C@H](c2nnc([C@@H]3CC[C@@H]4CN3C(=O)N4O)o2)N(C(=O)OC(C)(C)C)C1. The lowest BCUT2D eigenvalue weighted by Crippen LogP contribution is -2.36. The number of amides is 3. The number of hydrogen-bond donors (Lipinski definition) is 1. The van der Waals surface area contributed by atoms with Gasteiger partial charge in [0, 0.05) is 13.1 Å². The second kappa shape index (κ2) is 6.61. The van der Waals surface area contributed by atoms with Crippen molar-refractivity contribution in [2.24, 2.45) is 5.92 Å². The van der Waals surface area contributed by atoms with Crippen molar-refractivity contribution in [2.45, 2.75) is 70.7 Å². The maximum absolute atomic E-state index is 12.6. The van der Waals surface area contributed by atoms with E-state index in [0.29, 0.717) is 44.1 Å². The molecule has 0 aliphatic carbocycles. The molecule has 10 nitrogen and oxygen atoms in total. The first-order chi connectivity index (χ1) is 13.1. The van der Waals surface area contributed by atoms with Crippen molar-refractivity contribution in [1.82, 2.24) is 25.1 Å². The zero-order chi connectivity index (χ0) is 20.2. The van der Waals surface area contributed by atoms with Crippen LogP contribution in [0.1, 0.15) is 70.8 Å². The number of fused-ring (bicyclic) bond motifs is 2. The van der Waals surface area contributed by atoms with Gasteiger partial charge >= 0.3 is 12.1 Å². The number of ether oxygens (including phenoxy) is 1. The van der Waals surface area contributed by atoms with E-state index in [-0.39, 0.29) is 24.0 Å². The Morgan fingerprint density at radius 1 is 1.18 bits per heavy atom. The Balaban J connectivity index is 1.53. The number of urea groups is 1. The van der Waals surface area contributed by atoms with Gasteiger partial charge < -0.3 is 14.1 Å². The molecule has 4 heterocycles. The van der Waals surface area contributed by atoms with Gasteiger partial charge in [-0.3, -0.25) is 10.1 Å². The summed E-state index contributed by atoms with van der Waals surface area (Å²) in [7, 11) is 0. The van der Waals surface area contributed by atoms with Crippen LogP contribution in [0.15, 0.2) is 4.42 Å². The molecule has 1 aromatic rings. The van der Waals surface area contributed by atoms with Crippen molar-refractivity contribution in [2.75, 3.05) is 13.1 Å². The number of carbonyl (C=O) groups is 2. The quantitative estimate of drug-likeness (QED) is 0.769. The number of likely N-dealkylation sites (tertiary alicyclic amines) is 1. The van der Waals surface area contributed by atoms with Crippen molar-refractivity contribution in [3.05, 3.63) is 11.8 Å². The highest BCUT2D eigenvalue weighted by atomic mass is 16.6. The average Bonchev–Trinajstić information content (AvgIpc) is 3.29. The summed E-state index contributed by atoms with van der Waals surface area (Å²) in [5.74, 6) is 0.993. The Morgan fingerprint density at radius 3 is 2.54 bits per heavy atom. The van der Waals surface area contributed by atoms with Gasteiger partial charge in [0.25, 0.3) is 0 Å². The summed E-state index contributed by atoms with van der Waals surface area (Å²) < 4.78 is 11.5. The topological polar surface area (TPSA) is 112 Å². The monoisotopic (exact) mass is 393 g/mol. The fraction of sp³-hybridized carbons (Fsp3) is 0.778. The summed E-state index contributed by atoms with van der Waals surface area (Å²) >= 11 is 0. The van der Waals surface area contributed by atoms with Crippen LogP contribution in [-0.2, 0) is 4.74 Å². The Kier molecular flexibility index (Phi) is 4.48. The van der Waals surface area contributed by atoms with E-state index in [9.17, 15) is 14.8 Å². The number of carbonyl (C=O) groups excluding carboxylic acids is 2. The van der Waals surface area contributed by atoms with Crippen molar-refractivity contribution in [3.63, 3.8) is 0 Å². The van der Waals surface area contributed by atoms with Crippen LogP contribution in [0.2, 0.25) is 0 Å². The number of hydroxylamine groups is 2. The lowest BCUT2D eigenvalue weighted by molar-refractivity contribution is -0.0584. The predicted molar refractivity (Wildman–Crippen MR) is 95.3 cm³/mol. The minimum Gasteiger partial charge on any atom is -0.444 e. The highest BCUT2D eigenvalue weighted by molar-refractivity contribution is 5.76. The summed E-state index contributed by atoms with van der Waals surface area (Å²) in [6.45, 7) is 8.57. The van der Waals surface area contributed by atoms with Crippen molar-refractivity contribution in [1.29, 1.82) is 0 Å². The van der Waals surface area contributed by atoms with E-state index in [4.69, 9.17) is 9.15 Å². The second-order valence-electron chi connectivity index (χ2n) is 8.99. The molecule has 3 aliphatic rings. The van der Waals surface area contributed by atoms with Crippen molar-refractivity contribution in [3.8, 4) is 0 Å². The van der Waals surface area contributed by atoms with Crippen LogP contribution < -0.4 is 0 Å². The number of rotatable bonds is 2. The largest absolute Gasteiger partial charge is 0.444 e. The Morgan fingerprint density at radius 2 is 1.86 bits per heavy atom. The lowest BCUT2D eigenvalue weighted by Gasteiger charge is -2.28. The Hall–Kier alpha value is -2.36. The van der Waals surface area contributed by atoms with Gasteiger partial charge in [0.05, 0.1) is 6.04 Å². The normalized spacial score (nSPS) is 30.3. The third-order valence-corrected chi connectivity index (χ3v) is 5.51. The molecule has 0 unspecified atom stereocenters. The summed E-state index contributed by atoms with van der Waals surface area (Å²) in [4.78, 5) is 28.0. The number of nitrogens with zero attached hydrogens (tertiary/aromatic N) is 5. The number of piperidine rings is 1. The Labute approximate surface area is 163 Å². The smallest absolute Gasteiger partial charge is 0.410 e. The van der Waals surface area contributed by atoms with Gasteiger partial charge in [-0.1, -0.05) is 6.92 Å². The summed E-state index contributed by atoms with van der Waals surface area (Å²) in [5.41, 5.74) is -0.585. The first kappa shape index (κ1) is 19.0. The number of hydrogen-bond acceptors (Lipinski definition) is 7. The van der Waals surface area contributed by atoms with Gasteiger partial charge in [-0.15, -0.1) is 10.2 Å². The molecule has 154 valence electrons. The van der Waals surface area contributed by atoms with Gasteiger partial charge in [0.1, 0.15) is 17.7 Å². The molecule has 4 rings (SSSR count). The summed E-state index contributed by atoms with van der Waals surface area (Å²) in [5, 5.41) is 19.0. The zero-order valence-electron chi connectivity index (χ0n) is 16.7. The summed E-state index contributed by atoms with van der Waals surface area (Å²) in [6, 6.07) is -1.30. The van der Waals surface area contributed by atoms with E-state index in [1.807, 2.05) is 20.8 Å². The third kappa shape index (κ3) is 3.30. The molecular formula is C18H27N5O5. The molecule has 4 atom stereocenters. The molecule has 0 aromatic carbocycles. The van der Waals surface area contributed by atoms with Gasteiger partial charge in [-0.05, 0) is 46.0 Å². The van der Waals surface area contributed by atoms with Crippen LogP contribution in [0, 0.1) is 5.92 Å². The molecule has 1 N–H and O–H groups in total. The first-order valence-corrected chi connectivity index (χ1v) is 9.75. The molecule has 0 spiro atoms. The van der Waals surface area contributed by atoms with E-state index in [2.05, 4.69) is 17.1 Å². The second-order valence-corrected chi connectivity index (χ2v) is 8.99. The molecule has 2 bridgehead atoms. The highest BCUT2D eigenvalue weighted by Crippen LogP contribution is 2.40. The van der Waals surface area contributed by atoms with E-state index in [0.717, 1.165) is 5.06 Å². The molecule has 3 saturated heterocycles. The lowest BCUT2D eigenvalue weighted by atomic mass is 10.0. The Bertz CT molecular complexity index is 775.